The predicted octanol–water partition coefficient (Wildman–Crippen LogP) is 3.18. The molecule has 10 heteroatoms. The summed E-state index contributed by atoms with van der Waals surface area (Å²) in [6.07, 6.45) is -3.71. The molecule has 2 unspecified atom stereocenters. The zero-order valence-corrected chi connectivity index (χ0v) is 15.5. The maximum Gasteiger partial charge on any atom is 0.573 e. The van der Waals surface area contributed by atoms with Gasteiger partial charge in [0.2, 0.25) is 17.7 Å². The Kier molecular flexibility index (Phi) is 6.74. The first-order valence-corrected chi connectivity index (χ1v) is 9.25. The number of nitrogens with zero attached hydrogens (tertiary/aromatic N) is 1. The molecule has 1 aliphatic rings. The molecule has 1 aromatic rings. The van der Waals surface area contributed by atoms with Crippen molar-refractivity contribution in [3.63, 3.8) is 0 Å². The van der Waals surface area contributed by atoms with E-state index in [9.17, 15) is 27.6 Å². The molecule has 0 spiro atoms. The maximum atomic E-state index is 12.4. The highest BCUT2D eigenvalue weighted by atomic mass is 32.2. The van der Waals surface area contributed by atoms with Crippen molar-refractivity contribution in [3.8, 4) is 5.75 Å². The summed E-state index contributed by atoms with van der Waals surface area (Å²) in [5.41, 5.74) is 0.222. The summed E-state index contributed by atoms with van der Waals surface area (Å²) in [5.74, 6) is -1.84. The number of carbonyl (C=O) groups is 3. The van der Waals surface area contributed by atoms with Gasteiger partial charge in [-0.05, 0) is 37.1 Å². The number of anilines is 1. The molecule has 1 fully saturated rings. The number of benzene rings is 1. The first-order chi connectivity index (χ1) is 12.6. The molecule has 3 amide bonds. The average Bonchev–Trinajstić information content (AvgIpc) is 2.59. The standard InChI is InChI=1S/C17H19F3N2O4S/c1-3-12-15(24)22(16(25)13(4-2)27-12)9-14(23)21-10-5-7-11(8-6-10)26-17(18,19)20/h5-8,12-13H,3-4,9H2,1-2H3,(H,21,23). The predicted molar refractivity (Wildman–Crippen MR) is 94.2 cm³/mol. The van der Waals surface area contributed by atoms with Crippen molar-refractivity contribution in [1.29, 1.82) is 0 Å². The monoisotopic (exact) mass is 404 g/mol. The molecule has 0 saturated carbocycles. The van der Waals surface area contributed by atoms with E-state index < -0.39 is 36.4 Å². The molecule has 1 aromatic carbocycles. The number of halogens is 3. The molecule has 1 heterocycles. The molecule has 2 rings (SSSR count). The van der Waals surface area contributed by atoms with E-state index in [1.165, 1.54) is 23.9 Å². The van der Waals surface area contributed by atoms with Gasteiger partial charge in [-0.1, -0.05) is 13.8 Å². The van der Waals surface area contributed by atoms with Gasteiger partial charge >= 0.3 is 6.36 Å². The van der Waals surface area contributed by atoms with Crippen molar-refractivity contribution in [2.45, 2.75) is 43.6 Å². The number of alkyl halides is 3. The van der Waals surface area contributed by atoms with Gasteiger partial charge < -0.3 is 10.1 Å². The highest BCUT2D eigenvalue weighted by Gasteiger charge is 2.40. The van der Waals surface area contributed by atoms with Crippen LogP contribution in [-0.4, -0.2) is 46.0 Å². The Labute approximate surface area is 158 Å². The Morgan fingerprint density at radius 2 is 1.63 bits per heavy atom. The summed E-state index contributed by atoms with van der Waals surface area (Å²) in [6, 6.07) is 4.57. The van der Waals surface area contributed by atoms with E-state index in [1.54, 1.807) is 0 Å². The van der Waals surface area contributed by atoms with Crippen LogP contribution in [0.25, 0.3) is 0 Å². The van der Waals surface area contributed by atoms with Crippen LogP contribution in [-0.2, 0) is 14.4 Å². The summed E-state index contributed by atoms with van der Waals surface area (Å²) in [4.78, 5) is 37.9. The van der Waals surface area contributed by atoms with E-state index in [0.29, 0.717) is 12.8 Å². The SMILES string of the molecule is CCC1SC(CC)C(=O)N(CC(=O)Nc2ccc(OC(F)(F)F)cc2)C1=O. The average molecular weight is 404 g/mol. The van der Waals surface area contributed by atoms with Crippen LogP contribution in [0.5, 0.6) is 5.75 Å². The molecule has 0 bridgehead atoms. The molecule has 2 atom stereocenters. The number of hydrogen-bond donors (Lipinski definition) is 1. The van der Waals surface area contributed by atoms with Crippen molar-refractivity contribution in [2.75, 3.05) is 11.9 Å². The number of amides is 3. The highest BCUT2D eigenvalue weighted by molar-refractivity contribution is 8.02. The molecule has 0 aliphatic carbocycles. The number of ether oxygens (including phenoxy) is 1. The fourth-order valence-electron chi connectivity index (χ4n) is 2.55. The summed E-state index contributed by atoms with van der Waals surface area (Å²) in [6.45, 7) is 3.23. The van der Waals surface area contributed by atoms with Gasteiger partial charge in [0.1, 0.15) is 12.3 Å². The summed E-state index contributed by atoms with van der Waals surface area (Å²) >= 11 is 1.31. The third-order valence-corrected chi connectivity index (χ3v) is 5.55. The molecule has 0 radical (unpaired) electrons. The summed E-state index contributed by atoms with van der Waals surface area (Å²) < 4.78 is 40.2. The molecular formula is C17H19F3N2O4S. The van der Waals surface area contributed by atoms with E-state index in [4.69, 9.17) is 0 Å². The molecule has 27 heavy (non-hydrogen) atoms. The van der Waals surface area contributed by atoms with Crippen LogP contribution < -0.4 is 10.1 Å². The van der Waals surface area contributed by atoms with Gasteiger partial charge in [-0.3, -0.25) is 19.3 Å². The van der Waals surface area contributed by atoms with Crippen LogP contribution in [0, 0.1) is 0 Å². The van der Waals surface area contributed by atoms with Gasteiger partial charge in [0.15, 0.2) is 0 Å². The lowest BCUT2D eigenvalue weighted by molar-refractivity contribution is -0.274. The zero-order valence-electron chi connectivity index (χ0n) is 14.7. The molecule has 1 N–H and O–H groups in total. The second-order valence-electron chi connectivity index (χ2n) is 5.81. The maximum absolute atomic E-state index is 12.4. The Morgan fingerprint density at radius 3 is 2.07 bits per heavy atom. The second-order valence-corrected chi connectivity index (χ2v) is 7.22. The minimum Gasteiger partial charge on any atom is -0.406 e. The van der Waals surface area contributed by atoms with Crippen LogP contribution in [0.4, 0.5) is 18.9 Å². The minimum absolute atomic E-state index is 0.222. The Bertz CT molecular complexity index is 687. The molecule has 1 aliphatic heterocycles. The molecule has 148 valence electrons. The van der Waals surface area contributed by atoms with E-state index in [-0.39, 0.29) is 16.2 Å². The summed E-state index contributed by atoms with van der Waals surface area (Å²) in [7, 11) is 0. The zero-order chi connectivity index (χ0) is 20.2. The largest absolute Gasteiger partial charge is 0.573 e. The number of imide groups is 1. The number of nitrogens with one attached hydrogen (secondary N) is 1. The molecule has 0 aromatic heterocycles. The number of carbonyl (C=O) groups excluding carboxylic acids is 3. The van der Waals surface area contributed by atoms with Crippen molar-refractivity contribution in [2.24, 2.45) is 0 Å². The van der Waals surface area contributed by atoms with Crippen molar-refractivity contribution < 1.29 is 32.3 Å². The third kappa shape index (κ3) is 5.62. The fourth-order valence-corrected chi connectivity index (χ4v) is 3.82. The first kappa shape index (κ1) is 21.1. The Hall–Kier alpha value is -2.23. The minimum atomic E-state index is -4.80. The quantitative estimate of drug-likeness (QED) is 0.737. The van der Waals surface area contributed by atoms with Gasteiger partial charge in [-0.25, -0.2) is 0 Å². The van der Waals surface area contributed by atoms with Crippen molar-refractivity contribution >= 4 is 35.2 Å². The van der Waals surface area contributed by atoms with Crippen LogP contribution >= 0.6 is 11.8 Å². The van der Waals surface area contributed by atoms with E-state index in [2.05, 4.69) is 10.1 Å². The molecular weight excluding hydrogens is 385 g/mol. The van der Waals surface area contributed by atoms with Crippen LogP contribution in [0.3, 0.4) is 0 Å². The van der Waals surface area contributed by atoms with E-state index in [0.717, 1.165) is 17.0 Å². The Balaban J connectivity index is 2.01. The van der Waals surface area contributed by atoms with Gasteiger partial charge in [0, 0.05) is 5.69 Å². The topological polar surface area (TPSA) is 75.7 Å². The summed E-state index contributed by atoms with van der Waals surface area (Å²) in [5, 5.41) is 1.71. The number of hydrogen-bond acceptors (Lipinski definition) is 5. The first-order valence-electron chi connectivity index (χ1n) is 8.31. The second kappa shape index (κ2) is 8.64. The lowest BCUT2D eigenvalue weighted by Gasteiger charge is -2.34. The van der Waals surface area contributed by atoms with E-state index >= 15 is 0 Å². The van der Waals surface area contributed by atoms with Gasteiger partial charge in [0.25, 0.3) is 0 Å². The van der Waals surface area contributed by atoms with E-state index in [1.807, 2.05) is 13.8 Å². The van der Waals surface area contributed by atoms with Gasteiger partial charge in [0.05, 0.1) is 10.5 Å². The highest BCUT2D eigenvalue weighted by Crippen LogP contribution is 2.31. The van der Waals surface area contributed by atoms with Gasteiger partial charge in [-0.15, -0.1) is 24.9 Å². The van der Waals surface area contributed by atoms with Crippen molar-refractivity contribution in [3.05, 3.63) is 24.3 Å². The normalized spacial score (nSPS) is 20.6. The van der Waals surface area contributed by atoms with Crippen LogP contribution in [0.1, 0.15) is 26.7 Å². The smallest absolute Gasteiger partial charge is 0.406 e. The molecule has 1 saturated heterocycles. The van der Waals surface area contributed by atoms with Gasteiger partial charge in [-0.2, -0.15) is 0 Å². The lowest BCUT2D eigenvalue weighted by Crippen LogP contribution is -2.53. The van der Waals surface area contributed by atoms with Crippen molar-refractivity contribution in [1.82, 2.24) is 4.90 Å². The molecule has 6 nitrogen and oxygen atoms in total. The lowest BCUT2D eigenvalue weighted by atomic mass is 10.2. The number of thioether (sulfide) groups is 1. The third-order valence-electron chi connectivity index (χ3n) is 3.83. The van der Waals surface area contributed by atoms with Crippen LogP contribution in [0.2, 0.25) is 0 Å². The Morgan fingerprint density at radius 1 is 1.11 bits per heavy atom. The number of rotatable bonds is 6. The van der Waals surface area contributed by atoms with Crippen LogP contribution in [0.15, 0.2) is 24.3 Å². The fraction of sp³-hybridized carbons (Fsp3) is 0.471.